The molecule has 5 nitrogen and oxygen atoms in total. The minimum absolute atomic E-state index is 0.123. The first-order valence-electron chi connectivity index (χ1n) is 8.46. The van der Waals surface area contributed by atoms with E-state index in [1.807, 2.05) is 24.2 Å². The molecule has 0 aliphatic carbocycles. The van der Waals surface area contributed by atoms with Crippen LogP contribution in [0.1, 0.15) is 11.1 Å². The van der Waals surface area contributed by atoms with Crippen LogP contribution < -0.4 is 5.32 Å². The summed E-state index contributed by atoms with van der Waals surface area (Å²) in [6.07, 6.45) is 6.03. The lowest BCUT2D eigenvalue weighted by Gasteiger charge is -2.30. The number of nitrogens with one attached hydrogen (secondary N) is 1. The van der Waals surface area contributed by atoms with Crippen molar-refractivity contribution in [2.75, 3.05) is 33.2 Å². The van der Waals surface area contributed by atoms with E-state index < -0.39 is 6.10 Å². The Morgan fingerprint density at radius 2 is 2.12 bits per heavy atom. The van der Waals surface area contributed by atoms with Crippen LogP contribution in [0.4, 0.5) is 0 Å². The zero-order valence-corrected chi connectivity index (χ0v) is 14.1. The minimum Gasteiger partial charge on any atom is -0.390 e. The van der Waals surface area contributed by atoms with Gasteiger partial charge in [0.1, 0.15) is 0 Å². The average Bonchev–Trinajstić information content (AvgIpc) is 2.60. The largest absolute Gasteiger partial charge is 0.390 e. The maximum atomic E-state index is 12.1. The number of carbonyl (C=O) groups excluding carboxylic acids is 1. The second-order valence-electron chi connectivity index (χ2n) is 6.53. The molecule has 2 heterocycles. The van der Waals surface area contributed by atoms with Crippen LogP contribution in [-0.4, -0.2) is 60.1 Å². The molecule has 1 atom stereocenters. The highest BCUT2D eigenvalue weighted by molar-refractivity contribution is 5.96. The number of aliphatic hydroxyl groups excluding tert-OH is 1. The Balaban J connectivity index is 1.44. The van der Waals surface area contributed by atoms with E-state index in [4.69, 9.17) is 0 Å². The molecule has 2 aliphatic heterocycles. The Bertz CT molecular complexity index is 654. The van der Waals surface area contributed by atoms with Crippen molar-refractivity contribution in [2.24, 2.45) is 0 Å². The zero-order valence-electron chi connectivity index (χ0n) is 14.1. The molecule has 24 heavy (non-hydrogen) atoms. The highest BCUT2D eigenvalue weighted by atomic mass is 16.3. The zero-order chi connectivity index (χ0) is 16.9. The first-order valence-corrected chi connectivity index (χ1v) is 8.46. The van der Waals surface area contributed by atoms with Crippen molar-refractivity contribution < 1.29 is 9.90 Å². The third-order valence-electron chi connectivity index (χ3n) is 4.55. The van der Waals surface area contributed by atoms with Crippen molar-refractivity contribution in [3.63, 3.8) is 0 Å². The van der Waals surface area contributed by atoms with Gasteiger partial charge in [0, 0.05) is 45.3 Å². The smallest absolute Gasteiger partial charge is 0.251 e. The van der Waals surface area contributed by atoms with Gasteiger partial charge in [-0.2, -0.15) is 0 Å². The average molecular weight is 327 g/mol. The first-order chi connectivity index (χ1) is 11.6. The SMILES string of the molecule is CN1C=CC(C(=O)NC[C@@H](O)CN2CCc3ccccc3C2)=CC1. The lowest BCUT2D eigenvalue weighted by Crippen LogP contribution is -2.42. The van der Waals surface area contributed by atoms with Crippen LogP contribution in [0.2, 0.25) is 0 Å². The fraction of sp³-hybridized carbons (Fsp3) is 0.421. The van der Waals surface area contributed by atoms with Crippen LogP contribution in [0.25, 0.3) is 0 Å². The van der Waals surface area contributed by atoms with Gasteiger partial charge in [-0.3, -0.25) is 9.69 Å². The summed E-state index contributed by atoms with van der Waals surface area (Å²) < 4.78 is 0. The molecule has 128 valence electrons. The van der Waals surface area contributed by atoms with Gasteiger partial charge in [0.05, 0.1) is 6.10 Å². The summed E-state index contributed by atoms with van der Waals surface area (Å²) >= 11 is 0. The van der Waals surface area contributed by atoms with E-state index in [1.54, 1.807) is 6.08 Å². The molecular weight excluding hydrogens is 302 g/mol. The van der Waals surface area contributed by atoms with Gasteiger partial charge in [-0.1, -0.05) is 30.3 Å². The molecule has 2 aliphatic rings. The van der Waals surface area contributed by atoms with Crippen molar-refractivity contribution in [3.8, 4) is 0 Å². The van der Waals surface area contributed by atoms with Gasteiger partial charge in [0.25, 0.3) is 5.91 Å². The molecule has 3 rings (SSSR count). The van der Waals surface area contributed by atoms with Gasteiger partial charge in [-0.15, -0.1) is 0 Å². The van der Waals surface area contributed by atoms with Crippen molar-refractivity contribution in [2.45, 2.75) is 19.1 Å². The van der Waals surface area contributed by atoms with Gasteiger partial charge < -0.3 is 15.3 Å². The van der Waals surface area contributed by atoms with Crippen molar-refractivity contribution in [1.29, 1.82) is 0 Å². The van der Waals surface area contributed by atoms with E-state index in [0.29, 0.717) is 12.1 Å². The summed E-state index contributed by atoms with van der Waals surface area (Å²) in [7, 11) is 1.96. The summed E-state index contributed by atoms with van der Waals surface area (Å²) in [5.74, 6) is -0.123. The van der Waals surface area contributed by atoms with Crippen LogP contribution in [0.3, 0.4) is 0 Å². The molecule has 0 unspecified atom stereocenters. The Hall–Kier alpha value is -2.11. The molecule has 0 spiro atoms. The summed E-state index contributed by atoms with van der Waals surface area (Å²) in [6.45, 7) is 3.39. The molecule has 5 heteroatoms. The second kappa shape index (κ2) is 7.64. The van der Waals surface area contributed by atoms with Crippen LogP contribution >= 0.6 is 0 Å². The number of hydrogen-bond acceptors (Lipinski definition) is 4. The standard InChI is InChI=1S/C19H25N3O2/c1-21-9-6-16(7-10-21)19(24)20-12-18(23)14-22-11-8-15-4-2-3-5-17(15)13-22/h2-7,9,18,23H,8,10-14H2,1H3,(H,20,24)/t18-/m1/s1. The topological polar surface area (TPSA) is 55.8 Å². The molecule has 2 N–H and O–H groups in total. The fourth-order valence-corrected chi connectivity index (χ4v) is 3.13. The molecule has 0 fully saturated rings. The monoisotopic (exact) mass is 327 g/mol. The lowest BCUT2D eigenvalue weighted by molar-refractivity contribution is -0.117. The Morgan fingerprint density at radius 3 is 2.88 bits per heavy atom. The summed E-state index contributed by atoms with van der Waals surface area (Å²) in [4.78, 5) is 16.3. The molecule has 1 amide bonds. The van der Waals surface area contributed by atoms with Crippen LogP contribution in [0, 0.1) is 0 Å². The van der Waals surface area contributed by atoms with E-state index in [2.05, 4.69) is 34.5 Å². The Morgan fingerprint density at radius 1 is 1.33 bits per heavy atom. The van der Waals surface area contributed by atoms with Crippen molar-refractivity contribution >= 4 is 5.91 Å². The molecule has 0 radical (unpaired) electrons. The molecule has 0 saturated heterocycles. The van der Waals surface area contributed by atoms with Gasteiger partial charge in [0.2, 0.25) is 0 Å². The van der Waals surface area contributed by atoms with E-state index in [9.17, 15) is 9.90 Å². The first kappa shape index (κ1) is 16.7. The van der Waals surface area contributed by atoms with Gasteiger partial charge in [-0.05, 0) is 29.8 Å². The van der Waals surface area contributed by atoms with E-state index in [1.165, 1.54) is 11.1 Å². The summed E-state index contributed by atoms with van der Waals surface area (Å²) in [6, 6.07) is 8.45. The number of benzene rings is 1. The van der Waals surface area contributed by atoms with Crippen molar-refractivity contribution in [1.82, 2.24) is 15.1 Å². The Labute approximate surface area is 143 Å². The third kappa shape index (κ3) is 4.24. The summed E-state index contributed by atoms with van der Waals surface area (Å²) in [5.41, 5.74) is 3.39. The quantitative estimate of drug-likeness (QED) is 0.844. The highest BCUT2D eigenvalue weighted by Gasteiger charge is 2.19. The number of amides is 1. The second-order valence-corrected chi connectivity index (χ2v) is 6.53. The number of aliphatic hydroxyl groups is 1. The molecule has 1 aromatic rings. The van der Waals surface area contributed by atoms with Gasteiger partial charge in [-0.25, -0.2) is 0 Å². The third-order valence-corrected chi connectivity index (χ3v) is 4.55. The van der Waals surface area contributed by atoms with E-state index >= 15 is 0 Å². The number of nitrogens with zero attached hydrogens (tertiary/aromatic N) is 2. The molecule has 0 aromatic heterocycles. The lowest BCUT2D eigenvalue weighted by atomic mass is 10.00. The normalized spacial score (nSPS) is 18.8. The summed E-state index contributed by atoms with van der Waals surface area (Å²) in [5, 5.41) is 13.1. The molecular formula is C19H25N3O2. The van der Waals surface area contributed by atoms with Gasteiger partial charge in [0.15, 0.2) is 0 Å². The van der Waals surface area contributed by atoms with Crippen LogP contribution in [-0.2, 0) is 17.8 Å². The molecule has 1 aromatic carbocycles. The number of β-amino-alcohol motifs (C(OH)–C–C–N with tert-alkyl or cyclic N) is 1. The number of hydrogen-bond donors (Lipinski definition) is 2. The molecule has 0 saturated carbocycles. The van der Waals surface area contributed by atoms with E-state index in [0.717, 1.165) is 26.1 Å². The predicted octanol–water partition coefficient (Wildman–Crippen LogP) is 0.907. The minimum atomic E-state index is -0.560. The predicted molar refractivity (Wildman–Crippen MR) is 94.3 cm³/mol. The van der Waals surface area contributed by atoms with Crippen LogP contribution in [0.5, 0.6) is 0 Å². The fourth-order valence-electron chi connectivity index (χ4n) is 3.13. The number of carbonyl (C=O) groups is 1. The van der Waals surface area contributed by atoms with Crippen molar-refractivity contribution in [3.05, 3.63) is 59.3 Å². The highest BCUT2D eigenvalue weighted by Crippen LogP contribution is 2.18. The maximum absolute atomic E-state index is 12.1. The number of likely N-dealkylation sites (N-methyl/N-ethyl adjacent to an activating group) is 1. The van der Waals surface area contributed by atoms with Gasteiger partial charge >= 0.3 is 0 Å². The Kier molecular flexibility index (Phi) is 5.33. The number of fused-ring (bicyclic) bond motifs is 1. The maximum Gasteiger partial charge on any atom is 0.251 e. The number of rotatable bonds is 5. The van der Waals surface area contributed by atoms with E-state index in [-0.39, 0.29) is 12.5 Å². The molecule has 0 bridgehead atoms. The van der Waals surface area contributed by atoms with Crippen LogP contribution in [0.15, 0.2) is 48.2 Å².